The van der Waals surface area contributed by atoms with Crippen LogP contribution in [0.5, 0.6) is 0 Å². The number of pyridine rings is 2. The summed E-state index contributed by atoms with van der Waals surface area (Å²) in [5, 5.41) is 11.3. The molecular weight excluding hydrogens is 438 g/mol. The fourth-order valence-electron chi connectivity index (χ4n) is 3.86. The molecule has 1 amide bonds. The van der Waals surface area contributed by atoms with Gasteiger partial charge in [0, 0.05) is 42.3 Å². The predicted molar refractivity (Wildman–Crippen MR) is 136 cm³/mol. The van der Waals surface area contributed by atoms with E-state index < -0.39 is 0 Å². The summed E-state index contributed by atoms with van der Waals surface area (Å²) in [5.41, 5.74) is 4.86. The number of aliphatic imine (C=N–C) groups is 1. The van der Waals surface area contributed by atoms with Crippen molar-refractivity contribution in [2.45, 2.75) is 19.3 Å². The molecule has 5 rings (SSSR count). The minimum absolute atomic E-state index is 0.268. The molecule has 3 heterocycles. The molecule has 35 heavy (non-hydrogen) atoms. The van der Waals surface area contributed by atoms with E-state index in [2.05, 4.69) is 42.6 Å². The zero-order valence-corrected chi connectivity index (χ0v) is 19.4. The Hall–Kier alpha value is -4.46. The van der Waals surface area contributed by atoms with E-state index in [1.807, 2.05) is 60.1 Å². The van der Waals surface area contributed by atoms with Gasteiger partial charge in [-0.25, -0.2) is 0 Å². The smallest absolute Gasteiger partial charge is 0.274 e. The van der Waals surface area contributed by atoms with Crippen molar-refractivity contribution in [2.24, 2.45) is 10.9 Å². The number of benzene rings is 1. The van der Waals surface area contributed by atoms with E-state index in [0.29, 0.717) is 29.5 Å². The quantitative estimate of drug-likeness (QED) is 0.387. The van der Waals surface area contributed by atoms with Crippen LogP contribution in [0.25, 0.3) is 17.1 Å². The summed E-state index contributed by atoms with van der Waals surface area (Å²) in [7, 11) is 1.84. The third-order valence-corrected chi connectivity index (χ3v) is 5.80. The van der Waals surface area contributed by atoms with Crippen LogP contribution >= 0.6 is 0 Å². The number of amides is 1. The normalized spacial score (nSPS) is 13.8. The molecule has 0 spiro atoms. The van der Waals surface area contributed by atoms with Crippen molar-refractivity contribution in [1.29, 1.82) is 0 Å². The van der Waals surface area contributed by atoms with Crippen molar-refractivity contribution < 1.29 is 4.79 Å². The van der Waals surface area contributed by atoms with Gasteiger partial charge in [-0.1, -0.05) is 18.2 Å². The largest absolute Gasteiger partial charge is 0.321 e. The van der Waals surface area contributed by atoms with E-state index in [0.717, 1.165) is 22.5 Å². The highest BCUT2D eigenvalue weighted by Crippen LogP contribution is 2.31. The van der Waals surface area contributed by atoms with Crippen LogP contribution in [-0.2, 0) is 6.42 Å². The van der Waals surface area contributed by atoms with Gasteiger partial charge in [-0.2, -0.15) is 0 Å². The maximum Gasteiger partial charge on any atom is 0.274 e. The molecule has 0 bridgehead atoms. The van der Waals surface area contributed by atoms with Crippen molar-refractivity contribution in [3.8, 4) is 17.1 Å². The Morgan fingerprint density at radius 2 is 2.09 bits per heavy atom. The van der Waals surface area contributed by atoms with E-state index >= 15 is 0 Å². The Labute approximate surface area is 203 Å². The highest BCUT2D eigenvalue weighted by atomic mass is 16.1. The number of hydrogen-bond donors (Lipinski definition) is 1. The molecule has 0 atom stereocenters. The van der Waals surface area contributed by atoms with Gasteiger partial charge in [-0.3, -0.25) is 24.3 Å². The molecule has 4 aromatic rings. The summed E-state index contributed by atoms with van der Waals surface area (Å²) in [6, 6.07) is 15.0. The Balaban J connectivity index is 1.29. The topological polar surface area (TPSA) is 98.0 Å². The lowest BCUT2D eigenvalue weighted by Gasteiger charge is -2.09. The fraction of sp³-hybridized carbons (Fsp3) is 0.185. The lowest BCUT2D eigenvalue weighted by atomic mass is 10.1. The number of carbonyl (C=O) groups is 1. The number of allylic oxidation sites excluding steroid dienone is 2. The van der Waals surface area contributed by atoms with E-state index in [1.165, 1.54) is 12.8 Å². The van der Waals surface area contributed by atoms with Gasteiger partial charge < -0.3 is 5.32 Å². The number of aromatic nitrogens is 5. The van der Waals surface area contributed by atoms with Gasteiger partial charge in [0.1, 0.15) is 12.0 Å². The molecule has 1 aliphatic rings. The Kier molecular flexibility index (Phi) is 6.52. The molecule has 0 saturated heterocycles. The Morgan fingerprint density at radius 1 is 1.17 bits per heavy atom. The Morgan fingerprint density at radius 3 is 2.89 bits per heavy atom. The monoisotopic (exact) mass is 463 g/mol. The summed E-state index contributed by atoms with van der Waals surface area (Å²) >= 11 is 0. The van der Waals surface area contributed by atoms with Gasteiger partial charge in [0.05, 0.1) is 11.9 Å². The summed E-state index contributed by atoms with van der Waals surface area (Å²) in [5.74, 6) is 1.00. The van der Waals surface area contributed by atoms with Crippen LogP contribution in [0.3, 0.4) is 0 Å². The van der Waals surface area contributed by atoms with Gasteiger partial charge in [-0.15, -0.1) is 10.2 Å². The van der Waals surface area contributed by atoms with E-state index in [9.17, 15) is 4.79 Å². The number of nitrogens with one attached hydrogen (secondary N) is 1. The zero-order chi connectivity index (χ0) is 24.0. The van der Waals surface area contributed by atoms with E-state index in [-0.39, 0.29) is 5.91 Å². The summed E-state index contributed by atoms with van der Waals surface area (Å²) in [4.78, 5) is 25.7. The van der Waals surface area contributed by atoms with Gasteiger partial charge in [-0.05, 0) is 67.3 Å². The average molecular weight is 464 g/mol. The summed E-state index contributed by atoms with van der Waals surface area (Å²) in [6.07, 6.45) is 14.1. The van der Waals surface area contributed by atoms with E-state index in [4.69, 9.17) is 0 Å². The minimum Gasteiger partial charge on any atom is -0.321 e. The molecule has 1 saturated carbocycles. The van der Waals surface area contributed by atoms with Crippen LogP contribution in [0.2, 0.25) is 0 Å². The maximum absolute atomic E-state index is 12.9. The minimum atomic E-state index is -0.268. The molecule has 0 aliphatic heterocycles. The van der Waals surface area contributed by atoms with E-state index in [1.54, 1.807) is 24.9 Å². The summed E-state index contributed by atoms with van der Waals surface area (Å²) < 4.78 is 1.85. The van der Waals surface area contributed by atoms with Crippen molar-refractivity contribution >= 4 is 17.3 Å². The van der Waals surface area contributed by atoms with Crippen molar-refractivity contribution in [1.82, 2.24) is 24.7 Å². The van der Waals surface area contributed by atoms with Crippen molar-refractivity contribution in [2.75, 3.05) is 12.4 Å². The highest BCUT2D eigenvalue weighted by molar-refractivity contribution is 6.03. The summed E-state index contributed by atoms with van der Waals surface area (Å²) in [6.45, 7) is 0. The maximum atomic E-state index is 12.9. The van der Waals surface area contributed by atoms with Crippen molar-refractivity contribution in [3.05, 3.63) is 96.9 Å². The lowest BCUT2D eigenvalue weighted by Crippen LogP contribution is -2.14. The lowest BCUT2D eigenvalue weighted by molar-refractivity contribution is 0.102. The van der Waals surface area contributed by atoms with Gasteiger partial charge in [0.25, 0.3) is 5.91 Å². The van der Waals surface area contributed by atoms with Gasteiger partial charge >= 0.3 is 0 Å². The zero-order valence-electron chi connectivity index (χ0n) is 19.4. The Bertz CT molecular complexity index is 1390. The first-order valence-corrected chi connectivity index (χ1v) is 11.5. The van der Waals surface area contributed by atoms with Crippen LogP contribution in [0, 0.1) is 5.92 Å². The molecule has 1 N–H and O–H groups in total. The number of nitrogens with zero attached hydrogens (tertiary/aromatic N) is 6. The first-order chi connectivity index (χ1) is 17.2. The van der Waals surface area contributed by atoms with Crippen LogP contribution in [0.4, 0.5) is 5.69 Å². The molecule has 1 fully saturated rings. The second kappa shape index (κ2) is 10.2. The van der Waals surface area contributed by atoms with Crippen LogP contribution < -0.4 is 5.32 Å². The average Bonchev–Trinajstić information content (AvgIpc) is 3.62. The fourth-order valence-corrected chi connectivity index (χ4v) is 3.86. The highest BCUT2D eigenvalue weighted by Gasteiger charge is 2.25. The number of hydrogen-bond acceptors (Lipinski definition) is 6. The first-order valence-electron chi connectivity index (χ1n) is 11.5. The molecule has 8 nitrogen and oxygen atoms in total. The standard InChI is InChI=1S/C27H25N7O/c1-28-24(20-10-11-20)9-2-5-19-12-14-30-25(15-19)27(35)32-22-7-3-6-21(16-22)26-33-31-18-34(26)23-8-4-13-29-17-23/h2-4,6-9,12-18,20H,5,10-11H2,1H3,(H,32,35)/b9-2-,28-24?. The third-order valence-electron chi connectivity index (χ3n) is 5.80. The van der Waals surface area contributed by atoms with Crippen molar-refractivity contribution in [3.63, 3.8) is 0 Å². The second-order valence-electron chi connectivity index (χ2n) is 8.35. The van der Waals surface area contributed by atoms with Crippen LogP contribution in [-0.4, -0.2) is 43.4 Å². The number of carbonyl (C=O) groups excluding carboxylic acids is 1. The second-order valence-corrected chi connectivity index (χ2v) is 8.35. The molecule has 3 aromatic heterocycles. The molecule has 1 aromatic carbocycles. The molecule has 1 aliphatic carbocycles. The molecular formula is C27H25N7O. The van der Waals surface area contributed by atoms with Gasteiger partial charge in [0.2, 0.25) is 0 Å². The number of anilines is 1. The van der Waals surface area contributed by atoms with Crippen LogP contribution in [0.1, 0.15) is 28.9 Å². The predicted octanol–water partition coefficient (Wildman–Crippen LogP) is 4.56. The van der Waals surface area contributed by atoms with Crippen LogP contribution in [0.15, 0.2) is 90.6 Å². The molecule has 8 heteroatoms. The number of rotatable bonds is 8. The SMILES string of the molecule is CN=C(/C=C\Cc1ccnc(C(=O)Nc2cccc(-c3nncn3-c3cccnc3)c2)c1)C1CC1. The molecule has 174 valence electrons. The molecule has 0 unspecified atom stereocenters. The molecule has 0 radical (unpaired) electrons. The van der Waals surface area contributed by atoms with Gasteiger partial charge in [0.15, 0.2) is 5.82 Å². The third kappa shape index (κ3) is 5.38. The first kappa shape index (κ1) is 22.3.